The highest BCUT2D eigenvalue weighted by Crippen LogP contribution is 2.29. The quantitative estimate of drug-likeness (QED) is 0.646. The van der Waals surface area contributed by atoms with Crippen LogP contribution in [0.2, 0.25) is 0 Å². The zero-order valence-corrected chi connectivity index (χ0v) is 18.1. The number of rotatable bonds is 7. The first-order valence-electron chi connectivity index (χ1n) is 9.55. The fourth-order valence-corrected chi connectivity index (χ4v) is 3.55. The number of benzene rings is 1. The molecule has 6 nitrogen and oxygen atoms in total. The molecule has 0 aliphatic rings. The SMILES string of the molecule is CCOC(=O)/C=c1\s/c(=C\c2ccc(C(F)(F)F)cc2)c(=O)n1CC(=O)NCC(C)C. The molecule has 31 heavy (non-hydrogen) atoms. The molecule has 1 amide bonds. The van der Waals surface area contributed by atoms with E-state index in [1.54, 1.807) is 6.92 Å². The molecule has 2 aromatic rings. The highest BCUT2D eigenvalue weighted by Gasteiger charge is 2.29. The molecule has 10 heteroatoms. The standard InChI is InChI=1S/C21H23F3N2O4S/c1-4-30-19(28)10-18-26(12-17(27)25-11-13(2)3)20(29)16(31-18)9-14-5-7-15(8-6-14)21(22,23)24/h5-10,13H,4,11-12H2,1-3H3,(H,25,27)/b16-9-,18-10-. The van der Waals surface area contributed by atoms with Crippen molar-refractivity contribution >= 4 is 35.4 Å². The van der Waals surface area contributed by atoms with Crippen LogP contribution in [0.1, 0.15) is 31.9 Å². The molecule has 1 heterocycles. The van der Waals surface area contributed by atoms with Crippen LogP contribution in [0.3, 0.4) is 0 Å². The summed E-state index contributed by atoms with van der Waals surface area (Å²) in [5.41, 5.74) is -0.947. The van der Waals surface area contributed by atoms with Crippen LogP contribution in [0.5, 0.6) is 0 Å². The summed E-state index contributed by atoms with van der Waals surface area (Å²) in [6, 6.07) is 4.33. The van der Waals surface area contributed by atoms with Crippen LogP contribution in [0.25, 0.3) is 12.2 Å². The van der Waals surface area contributed by atoms with Crippen molar-refractivity contribution in [3.05, 3.63) is 54.9 Å². The van der Waals surface area contributed by atoms with Gasteiger partial charge in [0.05, 0.1) is 22.8 Å². The second kappa shape index (κ2) is 10.4. The van der Waals surface area contributed by atoms with Crippen molar-refractivity contribution in [3.63, 3.8) is 0 Å². The summed E-state index contributed by atoms with van der Waals surface area (Å²) in [4.78, 5) is 36.9. The number of hydrogen-bond acceptors (Lipinski definition) is 5. The van der Waals surface area contributed by atoms with Crippen molar-refractivity contribution < 1.29 is 27.5 Å². The summed E-state index contributed by atoms with van der Waals surface area (Å²) in [5, 5.41) is 2.70. The molecule has 0 bridgehead atoms. The Bertz CT molecular complexity index is 1100. The average Bonchev–Trinajstić information content (AvgIpc) is 2.95. The van der Waals surface area contributed by atoms with Crippen LogP contribution in [0.4, 0.5) is 13.2 Å². The smallest absolute Gasteiger partial charge is 0.416 e. The van der Waals surface area contributed by atoms with Gasteiger partial charge in [-0.3, -0.25) is 14.2 Å². The third-order valence-electron chi connectivity index (χ3n) is 4.01. The van der Waals surface area contributed by atoms with Crippen molar-refractivity contribution in [3.8, 4) is 0 Å². The third-order valence-corrected chi connectivity index (χ3v) is 5.07. The number of alkyl halides is 3. The second-order valence-electron chi connectivity index (χ2n) is 7.05. The Morgan fingerprint density at radius 3 is 2.42 bits per heavy atom. The summed E-state index contributed by atoms with van der Waals surface area (Å²) in [6.45, 7) is 5.76. The van der Waals surface area contributed by atoms with Crippen molar-refractivity contribution in [2.75, 3.05) is 13.2 Å². The number of thiazole rings is 1. The maximum atomic E-state index is 12.8. The monoisotopic (exact) mass is 456 g/mol. The summed E-state index contributed by atoms with van der Waals surface area (Å²) in [5.74, 6) is -0.841. The van der Waals surface area contributed by atoms with Crippen molar-refractivity contribution in [2.24, 2.45) is 5.92 Å². The van der Waals surface area contributed by atoms with Crippen LogP contribution in [-0.4, -0.2) is 29.6 Å². The minimum absolute atomic E-state index is 0.143. The molecule has 0 unspecified atom stereocenters. The van der Waals surface area contributed by atoms with E-state index < -0.39 is 29.2 Å². The van der Waals surface area contributed by atoms with E-state index in [-0.39, 0.29) is 28.3 Å². The maximum absolute atomic E-state index is 12.8. The zero-order valence-electron chi connectivity index (χ0n) is 17.3. The molecule has 2 rings (SSSR count). The predicted molar refractivity (Wildman–Crippen MR) is 112 cm³/mol. The van der Waals surface area contributed by atoms with Gasteiger partial charge >= 0.3 is 12.1 Å². The molecule has 1 N–H and O–H groups in total. The third kappa shape index (κ3) is 7.09. The number of aromatic nitrogens is 1. The molecule has 168 valence electrons. The maximum Gasteiger partial charge on any atom is 0.416 e. The van der Waals surface area contributed by atoms with E-state index in [4.69, 9.17) is 4.74 Å². The lowest BCUT2D eigenvalue weighted by molar-refractivity contribution is -0.137. The van der Waals surface area contributed by atoms with E-state index in [9.17, 15) is 27.6 Å². The van der Waals surface area contributed by atoms with Gasteiger partial charge in [0.2, 0.25) is 5.91 Å². The lowest BCUT2D eigenvalue weighted by Crippen LogP contribution is -2.39. The first-order valence-corrected chi connectivity index (χ1v) is 10.4. The number of ether oxygens (including phenoxy) is 1. The number of nitrogens with zero attached hydrogens (tertiary/aromatic N) is 1. The van der Waals surface area contributed by atoms with Crippen molar-refractivity contribution in [1.29, 1.82) is 0 Å². The van der Waals surface area contributed by atoms with Crippen LogP contribution >= 0.6 is 11.3 Å². The Morgan fingerprint density at radius 1 is 1.23 bits per heavy atom. The normalized spacial score (nSPS) is 13.0. The van der Waals surface area contributed by atoms with Gasteiger partial charge in [0, 0.05) is 6.54 Å². The van der Waals surface area contributed by atoms with Gasteiger partial charge in [0.25, 0.3) is 5.56 Å². The summed E-state index contributed by atoms with van der Waals surface area (Å²) < 4.78 is 44.6. The number of halogens is 3. The minimum Gasteiger partial charge on any atom is -0.463 e. The molecule has 0 radical (unpaired) electrons. The first-order chi connectivity index (χ1) is 14.5. The van der Waals surface area contributed by atoms with Crippen molar-refractivity contribution in [1.82, 2.24) is 9.88 Å². The van der Waals surface area contributed by atoms with Crippen molar-refractivity contribution in [2.45, 2.75) is 33.5 Å². The van der Waals surface area contributed by atoms with E-state index in [0.717, 1.165) is 34.1 Å². The molecular weight excluding hydrogens is 433 g/mol. The molecule has 0 atom stereocenters. The fraction of sp³-hybridized carbons (Fsp3) is 0.381. The molecule has 0 saturated carbocycles. The highest BCUT2D eigenvalue weighted by atomic mass is 32.1. The van der Waals surface area contributed by atoms with Gasteiger partial charge in [-0.1, -0.05) is 26.0 Å². The van der Waals surface area contributed by atoms with E-state index in [2.05, 4.69) is 5.32 Å². The van der Waals surface area contributed by atoms with Gasteiger partial charge in [-0.15, -0.1) is 11.3 Å². The Hall–Kier alpha value is -2.88. The molecule has 0 fully saturated rings. The lowest BCUT2D eigenvalue weighted by Gasteiger charge is -2.07. The highest BCUT2D eigenvalue weighted by molar-refractivity contribution is 7.07. The van der Waals surface area contributed by atoms with Gasteiger partial charge < -0.3 is 10.1 Å². The predicted octanol–water partition coefficient (Wildman–Crippen LogP) is 1.87. The van der Waals surface area contributed by atoms with E-state index in [1.807, 2.05) is 13.8 Å². The number of esters is 1. The van der Waals surface area contributed by atoms with E-state index >= 15 is 0 Å². The molecule has 0 spiro atoms. The lowest BCUT2D eigenvalue weighted by atomic mass is 10.1. The van der Waals surface area contributed by atoms with Gasteiger partial charge in [-0.25, -0.2) is 4.79 Å². The van der Waals surface area contributed by atoms with Crippen LogP contribution in [0, 0.1) is 5.92 Å². The van der Waals surface area contributed by atoms with Gasteiger partial charge in [-0.2, -0.15) is 13.2 Å². The van der Waals surface area contributed by atoms with Crippen LogP contribution < -0.4 is 20.1 Å². The summed E-state index contributed by atoms with van der Waals surface area (Å²) in [7, 11) is 0. The summed E-state index contributed by atoms with van der Waals surface area (Å²) >= 11 is 0.948. The molecule has 1 aromatic heterocycles. The molecule has 0 aliphatic heterocycles. The summed E-state index contributed by atoms with van der Waals surface area (Å²) in [6.07, 6.45) is -1.92. The number of hydrogen-bond donors (Lipinski definition) is 1. The van der Waals surface area contributed by atoms with Crippen LogP contribution in [-0.2, 0) is 27.0 Å². The zero-order chi connectivity index (χ0) is 23.2. The Kier molecular flexibility index (Phi) is 8.21. The topological polar surface area (TPSA) is 77.4 Å². The molecular formula is C21H23F3N2O4S. The molecule has 1 aromatic carbocycles. The Morgan fingerprint density at radius 2 is 1.87 bits per heavy atom. The van der Waals surface area contributed by atoms with Gasteiger partial charge in [0.15, 0.2) is 0 Å². The average molecular weight is 456 g/mol. The number of carbonyl (C=O) groups excluding carboxylic acids is 2. The first kappa shape index (κ1) is 24.4. The minimum atomic E-state index is -4.46. The van der Waals surface area contributed by atoms with Crippen LogP contribution in [0.15, 0.2) is 29.1 Å². The molecule has 0 saturated heterocycles. The van der Waals surface area contributed by atoms with E-state index in [1.165, 1.54) is 18.2 Å². The van der Waals surface area contributed by atoms with Gasteiger partial charge in [-0.05, 0) is 36.6 Å². The number of carbonyl (C=O) groups is 2. The Labute approximate surface area is 180 Å². The van der Waals surface area contributed by atoms with Gasteiger partial charge in [0.1, 0.15) is 11.2 Å². The fourth-order valence-electron chi connectivity index (χ4n) is 2.51. The second-order valence-corrected chi connectivity index (χ2v) is 8.12. The molecule has 0 aliphatic carbocycles. The Balaban J connectivity index is 2.48. The number of amides is 1. The largest absolute Gasteiger partial charge is 0.463 e. The number of nitrogens with one attached hydrogen (secondary N) is 1. The van der Waals surface area contributed by atoms with E-state index in [0.29, 0.717) is 12.1 Å².